The molecule has 1 fully saturated rings. The number of benzene rings is 1. The summed E-state index contributed by atoms with van der Waals surface area (Å²) in [5.74, 6) is 0.796. The van der Waals surface area contributed by atoms with Gasteiger partial charge in [0, 0.05) is 5.54 Å². The van der Waals surface area contributed by atoms with Gasteiger partial charge in [-0.05, 0) is 62.6 Å². The monoisotopic (exact) mass is 245 g/mol. The lowest BCUT2D eigenvalue weighted by Gasteiger charge is -2.21. The maximum Gasteiger partial charge on any atom is 0.00966 e. The Morgan fingerprint density at radius 1 is 1.22 bits per heavy atom. The number of rotatable bonds is 4. The van der Waals surface area contributed by atoms with E-state index in [0.29, 0.717) is 5.41 Å². The van der Waals surface area contributed by atoms with Crippen molar-refractivity contribution in [2.45, 2.75) is 58.4 Å². The van der Waals surface area contributed by atoms with E-state index in [-0.39, 0.29) is 5.54 Å². The highest BCUT2D eigenvalue weighted by atomic mass is 15.0. The van der Waals surface area contributed by atoms with Gasteiger partial charge in [0.25, 0.3) is 0 Å². The van der Waals surface area contributed by atoms with Gasteiger partial charge in [0.2, 0.25) is 0 Å². The Balaban J connectivity index is 1.97. The topological polar surface area (TPSA) is 12.0 Å². The second-order valence-corrected chi connectivity index (χ2v) is 7.00. The van der Waals surface area contributed by atoms with Crippen LogP contribution in [0.2, 0.25) is 0 Å². The molecule has 0 spiro atoms. The van der Waals surface area contributed by atoms with Gasteiger partial charge in [-0.2, -0.15) is 0 Å². The molecule has 1 nitrogen and oxygen atoms in total. The van der Waals surface area contributed by atoms with Gasteiger partial charge in [-0.3, -0.25) is 0 Å². The third-order valence-corrected chi connectivity index (χ3v) is 4.31. The average molecular weight is 245 g/mol. The summed E-state index contributed by atoms with van der Waals surface area (Å²) in [5.41, 5.74) is 3.59. The maximum atomic E-state index is 3.63. The van der Waals surface area contributed by atoms with E-state index in [4.69, 9.17) is 0 Å². The van der Waals surface area contributed by atoms with Crippen molar-refractivity contribution in [2.75, 3.05) is 6.54 Å². The summed E-state index contributed by atoms with van der Waals surface area (Å²) < 4.78 is 0. The number of hydrogen-bond donors (Lipinski definition) is 1. The van der Waals surface area contributed by atoms with E-state index in [1.54, 1.807) is 0 Å². The molecule has 18 heavy (non-hydrogen) atoms. The molecule has 0 radical (unpaired) electrons. The van der Waals surface area contributed by atoms with E-state index in [2.05, 4.69) is 64.2 Å². The third-order valence-electron chi connectivity index (χ3n) is 4.31. The highest BCUT2D eigenvalue weighted by molar-refractivity contribution is 5.35. The largest absolute Gasteiger partial charge is 0.312 e. The minimum Gasteiger partial charge on any atom is -0.312 e. The standard InChI is InChI=1S/C17H27N/c1-6-13-7-9-14(10-8-13)17(5)11-15(17)12-18-16(2,3)4/h7-10,15,18H,6,11-12H2,1-5H3. The van der Waals surface area contributed by atoms with E-state index >= 15 is 0 Å². The molecule has 0 saturated heterocycles. The molecule has 1 heteroatoms. The van der Waals surface area contributed by atoms with Crippen molar-refractivity contribution >= 4 is 0 Å². The molecular formula is C17H27N. The summed E-state index contributed by atoms with van der Waals surface area (Å²) in [4.78, 5) is 0. The molecule has 1 aliphatic rings. The van der Waals surface area contributed by atoms with Gasteiger partial charge in [0.15, 0.2) is 0 Å². The Kier molecular flexibility index (Phi) is 3.55. The minimum atomic E-state index is 0.232. The van der Waals surface area contributed by atoms with Crippen LogP contribution >= 0.6 is 0 Å². The predicted octanol–water partition coefficient (Wildman–Crippen LogP) is 3.91. The Labute approximate surface area is 112 Å². The van der Waals surface area contributed by atoms with Gasteiger partial charge in [0.05, 0.1) is 0 Å². The van der Waals surface area contributed by atoms with Crippen LogP contribution in [-0.4, -0.2) is 12.1 Å². The number of nitrogens with one attached hydrogen (secondary N) is 1. The summed E-state index contributed by atoms with van der Waals surface area (Å²) in [7, 11) is 0. The highest BCUT2D eigenvalue weighted by Crippen LogP contribution is 2.53. The van der Waals surface area contributed by atoms with Crippen molar-refractivity contribution in [1.29, 1.82) is 0 Å². The summed E-state index contributed by atoms with van der Waals surface area (Å²) in [6.07, 6.45) is 2.45. The summed E-state index contributed by atoms with van der Waals surface area (Å²) in [6.45, 7) is 12.5. The molecule has 0 aliphatic heterocycles. The molecule has 1 N–H and O–H groups in total. The van der Waals surface area contributed by atoms with E-state index in [1.807, 2.05) is 0 Å². The summed E-state index contributed by atoms with van der Waals surface area (Å²) in [6, 6.07) is 9.23. The zero-order valence-corrected chi connectivity index (χ0v) is 12.5. The van der Waals surface area contributed by atoms with Crippen LogP contribution in [-0.2, 0) is 11.8 Å². The molecule has 0 heterocycles. The van der Waals surface area contributed by atoms with Crippen molar-refractivity contribution in [3.05, 3.63) is 35.4 Å². The smallest absolute Gasteiger partial charge is 0.00966 e. The van der Waals surface area contributed by atoms with Gasteiger partial charge in [0.1, 0.15) is 0 Å². The molecule has 1 aliphatic carbocycles. The normalized spacial score (nSPS) is 27.3. The van der Waals surface area contributed by atoms with Crippen molar-refractivity contribution in [3.8, 4) is 0 Å². The summed E-state index contributed by atoms with van der Waals surface area (Å²) >= 11 is 0. The first-order chi connectivity index (χ1) is 8.35. The van der Waals surface area contributed by atoms with Gasteiger partial charge in [-0.15, -0.1) is 0 Å². The first-order valence-electron chi connectivity index (χ1n) is 7.19. The van der Waals surface area contributed by atoms with Crippen molar-refractivity contribution < 1.29 is 0 Å². The van der Waals surface area contributed by atoms with Gasteiger partial charge in [-0.25, -0.2) is 0 Å². The molecule has 2 rings (SSSR count). The lowest BCUT2D eigenvalue weighted by Crippen LogP contribution is -2.37. The minimum absolute atomic E-state index is 0.232. The van der Waals surface area contributed by atoms with Gasteiger partial charge >= 0.3 is 0 Å². The Morgan fingerprint density at radius 3 is 2.33 bits per heavy atom. The van der Waals surface area contributed by atoms with Gasteiger partial charge in [-0.1, -0.05) is 38.1 Å². The number of aryl methyl sites for hydroxylation is 1. The van der Waals surface area contributed by atoms with Crippen LogP contribution < -0.4 is 5.32 Å². The zero-order valence-electron chi connectivity index (χ0n) is 12.5. The Bertz CT molecular complexity index is 399. The highest BCUT2D eigenvalue weighted by Gasteiger charge is 2.50. The molecule has 100 valence electrons. The van der Waals surface area contributed by atoms with Crippen LogP contribution in [0.25, 0.3) is 0 Å². The molecule has 2 unspecified atom stereocenters. The average Bonchev–Trinajstić information content (AvgIpc) is 2.99. The fraction of sp³-hybridized carbons (Fsp3) is 0.647. The van der Waals surface area contributed by atoms with E-state index < -0.39 is 0 Å². The lowest BCUT2D eigenvalue weighted by molar-refractivity contribution is 0.406. The maximum absolute atomic E-state index is 3.63. The van der Waals surface area contributed by atoms with Crippen molar-refractivity contribution in [2.24, 2.45) is 5.92 Å². The third kappa shape index (κ3) is 2.95. The lowest BCUT2D eigenvalue weighted by atomic mass is 9.94. The van der Waals surface area contributed by atoms with Gasteiger partial charge < -0.3 is 5.32 Å². The molecule has 1 aromatic carbocycles. The van der Waals surface area contributed by atoms with Crippen LogP contribution in [0.3, 0.4) is 0 Å². The molecule has 2 atom stereocenters. The SMILES string of the molecule is CCc1ccc(C2(C)CC2CNC(C)(C)C)cc1. The fourth-order valence-electron chi connectivity index (χ4n) is 2.65. The van der Waals surface area contributed by atoms with Crippen LogP contribution in [0.5, 0.6) is 0 Å². The first kappa shape index (κ1) is 13.6. The van der Waals surface area contributed by atoms with E-state index in [1.165, 1.54) is 17.5 Å². The molecule has 0 aromatic heterocycles. The van der Waals surface area contributed by atoms with Crippen molar-refractivity contribution in [3.63, 3.8) is 0 Å². The van der Waals surface area contributed by atoms with E-state index in [0.717, 1.165) is 18.9 Å². The number of hydrogen-bond acceptors (Lipinski definition) is 1. The quantitative estimate of drug-likeness (QED) is 0.848. The molecule has 1 saturated carbocycles. The molecular weight excluding hydrogens is 218 g/mol. The Morgan fingerprint density at radius 2 is 1.83 bits per heavy atom. The van der Waals surface area contributed by atoms with Crippen molar-refractivity contribution in [1.82, 2.24) is 5.32 Å². The second kappa shape index (κ2) is 4.70. The van der Waals surface area contributed by atoms with Crippen LogP contribution in [0.4, 0.5) is 0 Å². The molecule has 0 amide bonds. The first-order valence-corrected chi connectivity index (χ1v) is 7.19. The zero-order chi connectivity index (χ0) is 13.4. The Hall–Kier alpha value is -0.820. The van der Waals surface area contributed by atoms with Crippen LogP contribution in [0, 0.1) is 5.92 Å². The molecule has 1 aromatic rings. The van der Waals surface area contributed by atoms with E-state index in [9.17, 15) is 0 Å². The molecule has 0 bridgehead atoms. The fourth-order valence-corrected chi connectivity index (χ4v) is 2.65. The van der Waals surface area contributed by atoms with Crippen LogP contribution in [0.1, 0.15) is 52.2 Å². The van der Waals surface area contributed by atoms with Crippen LogP contribution in [0.15, 0.2) is 24.3 Å². The predicted molar refractivity (Wildman–Crippen MR) is 79.0 cm³/mol. The second-order valence-electron chi connectivity index (χ2n) is 7.00. The summed E-state index contributed by atoms with van der Waals surface area (Å²) in [5, 5.41) is 3.63.